The molecule has 2 aromatic carbocycles. The van der Waals surface area contributed by atoms with Gasteiger partial charge in [0, 0.05) is 19.2 Å². The van der Waals surface area contributed by atoms with E-state index >= 15 is 0 Å². The number of nitrogens with zero attached hydrogens (tertiary/aromatic N) is 1. The molecule has 0 spiro atoms. The van der Waals surface area contributed by atoms with E-state index in [1.807, 2.05) is 12.1 Å². The van der Waals surface area contributed by atoms with Crippen molar-refractivity contribution in [3.8, 4) is 0 Å². The summed E-state index contributed by atoms with van der Waals surface area (Å²) in [5, 5.41) is 14.1. The summed E-state index contributed by atoms with van der Waals surface area (Å²) in [6, 6.07) is 17.9. The summed E-state index contributed by atoms with van der Waals surface area (Å²) in [5.41, 5.74) is 0.203. The van der Waals surface area contributed by atoms with E-state index in [1.54, 1.807) is 61.1 Å². The minimum Gasteiger partial charge on any atom is -0.372 e. The van der Waals surface area contributed by atoms with Gasteiger partial charge in [-0.2, -0.15) is 0 Å². The van der Waals surface area contributed by atoms with E-state index in [2.05, 4.69) is 15.3 Å². The van der Waals surface area contributed by atoms with Gasteiger partial charge in [-0.15, -0.1) is 0 Å². The van der Waals surface area contributed by atoms with E-state index in [9.17, 15) is 9.90 Å². The van der Waals surface area contributed by atoms with Gasteiger partial charge < -0.3 is 15.4 Å². The quantitative estimate of drug-likeness (QED) is 0.650. The van der Waals surface area contributed by atoms with E-state index in [0.717, 1.165) is 5.69 Å². The maximum atomic E-state index is 12.8. The third kappa shape index (κ3) is 3.21. The lowest BCUT2D eigenvalue weighted by molar-refractivity contribution is -0.136. The Morgan fingerprint density at radius 1 is 1.04 bits per heavy atom. The molecule has 3 aromatic rings. The molecule has 0 bridgehead atoms. The fraction of sp³-hybridized carbons (Fsp3) is 0.158. The van der Waals surface area contributed by atoms with Crippen molar-refractivity contribution in [3.63, 3.8) is 0 Å². The van der Waals surface area contributed by atoms with Crippen LogP contribution in [0.2, 0.25) is 0 Å². The number of imidazole rings is 1. The van der Waals surface area contributed by atoms with Crippen LogP contribution < -0.4 is 5.32 Å². The summed E-state index contributed by atoms with van der Waals surface area (Å²) in [4.78, 5) is 19.8. The molecule has 0 aliphatic heterocycles. The van der Waals surface area contributed by atoms with Crippen molar-refractivity contribution in [1.82, 2.24) is 15.3 Å². The van der Waals surface area contributed by atoms with Crippen molar-refractivity contribution >= 4 is 5.91 Å². The standard InChI is InChI=1S/C19H19N3O2/c23-18(21-12-11-17-13-20-14-22-17)19(24,15-7-3-1-4-8-15)16-9-5-2-6-10-16/h1-10,13-14,24H,11-12H2,(H,20,22)(H,21,23). The largest absolute Gasteiger partial charge is 0.372 e. The molecule has 24 heavy (non-hydrogen) atoms. The lowest BCUT2D eigenvalue weighted by atomic mass is 9.85. The zero-order valence-electron chi connectivity index (χ0n) is 13.1. The van der Waals surface area contributed by atoms with Gasteiger partial charge in [0.05, 0.1) is 12.0 Å². The molecule has 3 N–H and O–H groups in total. The predicted molar refractivity (Wildman–Crippen MR) is 91.2 cm³/mol. The molecule has 0 aliphatic rings. The average Bonchev–Trinajstić information content (AvgIpc) is 3.16. The first kappa shape index (κ1) is 16.0. The van der Waals surface area contributed by atoms with Crippen LogP contribution in [-0.4, -0.2) is 27.5 Å². The van der Waals surface area contributed by atoms with Crippen molar-refractivity contribution in [1.29, 1.82) is 0 Å². The summed E-state index contributed by atoms with van der Waals surface area (Å²) in [6.45, 7) is 0.395. The molecule has 0 aliphatic carbocycles. The molecule has 3 rings (SSSR count). The normalized spacial score (nSPS) is 11.2. The van der Waals surface area contributed by atoms with E-state index in [4.69, 9.17) is 0 Å². The zero-order chi connectivity index (χ0) is 16.8. The predicted octanol–water partition coefficient (Wildman–Crippen LogP) is 2.00. The number of aliphatic hydroxyl groups is 1. The Morgan fingerprint density at radius 3 is 2.12 bits per heavy atom. The minimum absolute atomic E-state index is 0.395. The van der Waals surface area contributed by atoms with Gasteiger partial charge in [0.15, 0.2) is 5.60 Å². The Balaban J connectivity index is 1.83. The molecule has 1 aromatic heterocycles. The second kappa shape index (κ2) is 7.10. The number of nitrogens with one attached hydrogen (secondary N) is 2. The van der Waals surface area contributed by atoms with E-state index in [1.165, 1.54) is 0 Å². The second-order valence-electron chi connectivity index (χ2n) is 5.51. The number of aromatic nitrogens is 2. The molecule has 1 amide bonds. The van der Waals surface area contributed by atoms with Crippen LogP contribution >= 0.6 is 0 Å². The third-order valence-electron chi connectivity index (χ3n) is 3.93. The van der Waals surface area contributed by atoms with Crippen molar-refractivity contribution in [3.05, 3.63) is 90.0 Å². The minimum atomic E-state index is -1.73. The summed E-state index contributed by atoms with van der Waals surface area (Å²) in [7, 11) is 0. The Hall–Kier alpha value is -2.92. The number of benzene rings is 2. The van der Waals surface area contributed by atoms with Gasteiger partial charge in [-0.1, -0.05) is 60.7 Å². The molecule has 1 heterocycles. The van der Waals surface area contributed by atoms with Gasteiger partial charge in [-0.25, -0.2) is 4.98 Å². The van der Waals surface area contributed by atoms with Gasteiger partial charge in [0.25, 0.3) is 5.91 Å². The fourth-order valence-corrected chi connectivity index (χ4v) is 2.65. The van der Waals surface area contributed by atoms with Gasteiger partial charge >= 0.3 is 0 Å². The number of H-pyrrole nitrogens is 1. The van der Waals surface area contributed by atoms with E-state index in [0.29, 0.717) is 24.1 Å². The maximum absolute atomic E-state index is 12.8. The smallest absolute Gasteiger partial charge is 0.261 e. The second-order valence-corrected chi connectivity index (χ2v) is 5.51. The first-order chi connectivity index (χ1) is 11.7. The molecular formula is C19H19N3O2. The van der Waals surface area contributed by atoms with Crippen LogP contribution in [0.15, 0.2) is 73.2 Å². The van der Waals surface area contributed by atoms with Gasteiger partial charge in [0.1, 0.15) is 0 Å². The van der Waals surface area contributed by atoms with Crippen LogP contribution in [0.25, 0.3) is 0 Å². The molecule has 5 heteroatoms. The molecule has 5 nitrogen and oxygen atoms in total. The number of amides is 1. The summed E-state index contributed by atoms with van der Waals surface area (Å²) in [6.07, 6.45) is 3.98. The first-order valence-corrected chi connectivity index (χ1v) is 7.80. The number of hydrogen-bond acceptors (Lipinski definition) is 3. The summed E-state index contributed by atoms with van der Waals surface area (Å²) >= 11 is 0. The average molecular weight is 321 g/mol. The molecule has 0 saturated heterocycles. The van der Waals surface area contributed by atoms with E-state index < -0.39 is 11.5 Å². The molecular weight excluding hydrogens is 302 g/mol. The number of aromatic amines is 1. The van der Waals surface area contributed by atoms with Crippen LogP contribution in [0.3, 0.4) is 0 Å². The molecule has 0 atom stereocenters. The lowest BCUT2D eigenvalue weighted by Gasteiger charge is -2.28. The molecule has 122 valence electrons. The number of hydrogen-bond donors (Lipinski definition) is 3. The molecule has 0 fully saturated rings. The Labute approximate surface area is 140 Å². The number of carbonyl (C=O) groups is 1. The van der Waals surface area contributed by atoms with Crippen molar-refractivity contribution in [2.24, 2.45) is 0 Å². The Morgan fingerprint density at radius 2 is 1.62 bits per heavy atom. The summed E-state index contributed by atoms with van der Waals surface area (Å²) < 4.78 is 0. The SMILES string of the molecule is O=C(NCCc1c[nH]cn1)C(O)(c1ccccc1)c1ccccc1. The third-order valence-corrected chi connectivity index (χ3v) is 3.93. The number of carbonyl (C=O) groups excluding carboxylic acids is 1. The van der Waals surface area contributed by atoms with Gasteiger partial charge in [-0.05, 0) is 11.1 Å². The van der Waals surface area contributed by atoms with E-state index in [-0.39, 0.29) is 0 Å². The fourth-order valence-electron chi connectivity index (χ4n) is 2.65. The number of rotatable bonds is 6. The highest BCUT2D eigenvalue weighted by Crippen LogP contribution is 2.29. The highest BCUT2D eigenvalue weighted by Gasteiger charge is 2.39. The van der Waals surface area contributed by atoms with Crippen LogP contribution in [0.1, 0.15) is 16.8 Å². The Kier molecular flexibility index (Phi) is 4.72. The molecule has 0 unspecified atom stereocenters. The van der Waals surface area contributed by atoms with Crippen molar-refractivity contribution in [2.75, 3.05) is 6.54 Å². The van der Waals surface area contributed by atoms with Crippen LogP contribution in [0.5, 0.6) is 0 Å². The zero-order valence-corrected chi connectivity index (χ0v) is 13.1. The highest BCUT2D eigenvalue weighted by atomic mass is 16.3. The van der Waals surface area contributed by atoms with Gasteiger partial charge in [-0.3, -0.25) is 4.79 Å². The molecule has 0 saturated carbocycles. The highest BCUT2D eigenvalue weighted by molar-refractivity contribution is 5.90. The van der Waals surface area contributed by atoms with Crippen LogP contribution in [0.4, 0.5) is 0 Å². The summed E-state index contributed by atoms with van der Waals surface area (Å²) in [5.74, 6) is -0.449. The van der Waals surface area contributed by atoms with Crippen molar-refractivity contribution < 1.29 is 9.90 Å². The van der Waals surface area contributed by atoms with Crippen LogP contribution in [-0.2, 0) is 16.8 Å². The molecule has 0 radical (unpaired) electrons. The Bertz CT molecular complexity index is 731. The van der Waals surface area contributed by atoms with Crippen LogP contribution in [0, 0.1) is 0 Å². The monoisotopic (exact) mass is 321 g/mol. The first-order valence-electron chi connectivity index (χ1n) is 7.80. The lowest BCUT2D eigenvalue weighted by Crippen LogP contribution is -2.46. The maximum Gasteiger partial charge on any atom is 0.261 e. The van der Waals surface area contributed by atoms with Gasteiger partial charge in [0.2, 0.25) is 0 Å². The topological polar surface area (TPSA) is 78.0 Å². The van der Waals surface area contributed by atoms with Crippen molar-refractivity contribution in [2.45, 2.75) is 12.0 Å².